The standard InChI is InChI=1S/C7H11BrN4O2S/c1-2-3-11-15(13,14)12-7-5-9-6(8)4-10-7/h4-5,11H,2-3H2,1H3,(H,10,12). The van der Waals surface area contributed by atoms with Gasteiger partial charge < -0.3 is 0 Å². The summed E-state index contributed by atoms with van der Waals surface area (Å²) >= 11 is 3.10. The Balaban J connectivity index is 2.65. The number of halogens is 1. The third-order valence-corrected chi connectivity index (χ3v) is 2.87. The molecule has 0 aliphatic heterocycles. The van der Waals surface area contributed by atoms with Crippen molar-refractivity contribution in [2.45, 2.75) is 13.3 Å². The van der Waals surface area contributed by atoms with Crippen LogP contribution in [-0.4, -0.2) is 24.9 Å². The van der Waals surface area contributed by atoms with Gasteiger partial charge in [0, 0.05) is 6.54 Å². The van der Waals surface area contributed by atoms with Crippen LogP contribution in [0.4, 0.5) is 5.82 Å². The fourth-order valence-electron chi connectivity index (χ4n) is 0.775. The van der Waals surface area contributed by atoms with Crippen molar-refractivity contribution >= 4 is 32.0 Å². The first-order valence-corrected chi connectivity index (χ1v) is 6.56. The molecule has 15 heavy (non-hydrogen) atoms. The largest absolute Gasteiger partial charge is 0.300 e. The van der Waals surface area contributed by atoms with E-state index in [2.05, 4.69) is 35.3 Å². The minimum absolute atomic E-state index is 0.182. The Labute approximate surface area is 96.8 Å². The molecule has 0 spiro atoms. The van der Waals surface area contributed by atoms with E-state index in [1.54, 1.807) is 0 Å². The maximum Gasteiger partial charge on any atom is 0.300 e. The van der Waals surface area contributed by atoms with E-state index in [1.165, 1.54) is 12.4 Å². The molecule has 1 heterocycles. The van der Waals surface area contributed by atoms with Gasteiger partial charge in [-0.1, -0.05) is 6.92 Å². The molecule has 2 N–H and O–H groups in total. The van der Waals surface area contributed by atoms with E-state index >= 15 is 0 Å². The minimum atomic E-state index is -3.53. The Hall–Kier alpha value is -0.730. The topological polar surface area (TPSA) is 84.0 Å². The van der Waals surface area contributed by atoms with Gasteiger partial charge in [0.1, 0.15) is 4.60 Å². The molecule has 0 saturated carbocycles. The summed E-state index contributed by atoms with van der Waals surface area (Å²) in [5.74, 6) is 0.182. The van der Waals surface area contributed by atoms with Crippen LogP contribution in [0.5, 0.6) is 0 Å². The number of hydrogen-bond acceptors (Lipinski definition) is 4. The van der Waals surface area contributed by atoms with E-state index in [0.29, 0.717) is 11.1 Å². The minimum Gasteiger partial charge on any atom is -0.253 e. The number of nitrogens with one attached hydrogen (secondary N) is 2. The summed E-state index contributed by atoms with van der Waals surface area (Å²) in [6, 6.07) is 0. The first kappa shape index (κ1) is 12.3. The van der Waals surface area contributed by atoms with Gasteiger partial charge in [-0.2, -0.15) is 13.1 Å². The lowest BCUT2D eigenvalue weighted by atomic mass is 10.5. The molecule has 0 atom stereocenters. The van der Waals surface area contributed by atoms with E-state index in [4.69, 9.17) is 0 Å². The molecule has 1 rings (SSSR count). The summed E-state index contributed by atoms with van der Waals surface area (Å²) in [5, 5.41) is 0. The number of rotatable bonds is 5. The molecule has 0 saturated heterocycles. The molecule has 0 aromatic carbocycles. The van der Waals surface area contributed by atoms with Crippen molar-refractivity contribution in [2.24, 2.45) is 0 Å². The summed E-state index contributed by atoms with van der Waals surface area (Å²) in [6.07, 6.45) is 3.47. The lowest BCUT2D eigenvalue weighted by Gasteiger charge is -2.06. The van der Waals surface area contributed by atoms with Gasteiger partial charge in [-0.05, 0) is 22.4 Å². The first-order chi connectivity index (χ1) is 7.03. The van der Waals surface area contributed by atoms with E-state index < -0.39 is 10.2 Å². The molecule has 0 radical (unpaired) electrons. The van der Waals surface area contributed by atoms with Crippen LogP contribution in [0.2, 0.25) is 0 Å². The maximum atomic E-state index is 11.3. The van der Waals surface area contributed by atoms with Gasteiger partial charge in [-0.3, -0.25) is 4.72 Å². The highest BCUT2D eigenvalue weighted by Gasteiger charge is 2.08. The first-order valence-electron chi connectivity index (χ1n) is 4.28. The summed E-state index contributed by atoms with van der Waals surface area (Å²) in [4.78, 5) is 7.67. The Morgan fingerprint density at radius 2 is 2.13 bits per heavy atom. The quantitative estimate of drug-likeness (QED) is 0.845. The van der Waals surface area contributed by atoms with Crippen molar-refractivity contribution in [1.29, 1.82) is 0 Å². The highest BCUT2D eigenvalue weighted by molar-refractivity contribution is 9.10. The molecule has 1 aromatic heterocycles. The maximum absolute atomic E-state index is 11.3. The van der Waals surface area contributed by atoms with Gasteiger partial charge in [-0.15, -0.1) is 0 Å². The van der Waals surface area contributed by atoms with Crippen LogP contribution < -0.4 is 9.44 Å². The van der Waals surface area contributed by atoms with Gasteiger partial charge in [0.25, 0.3) is 10.2 Å². The fraction of sp³-hybridized carbons (Fsp3) is 0.429. The zero-order chi connectivity index (χ0) is 11.3. The number of nitrogens with zero attached hydrogens (tertiary/aromatic N) is 2. The molecule has 0 aliphatic rings. The molecule has 1 aromatic rings. The highest BCUT2D eigenvalue weighted by Crippen LogP contribution is 2.06. The lowest BCUT2D eigenvalue weighted by Crippen LogP contribution is -2.31. The Bertz CT molecular complexity index is 406. The molecule has 0 fully saturated rings. The average molecular weight is 295 g/mol. The van der Waals surface area contributed by atoms with E-state index in [9.17, 15) is 8.42 Å². The van der Waals surface area contributed by atoms with Crippen LogP contribution in [0, 0.1) is 0 Å². The molecule has 8 heteroatoms. The Morgan fingerprint density at radius 3 is 2.67 bits per heavy atom. The molecule has 0 bridgehead atoms. The molecular weight excluding hydrogens is 284 g/mol. The van der Waals surface area contributed by atoms with E-state index in [1.807, 2.05) is 6.92 Å². The predicted molar refractivity (Wildman–Crippen MR) is 60.6 cm³/mol. The van der Waals surface area contributed by atoms with Crippen LogP contribution in [-0.2, 0) is 10.2 Å². The van der Waals surface area contributed by atoms with Crippen molar-refractivity contribution in [3.8, 4) is 0 Å². The zero-order valence-electron chi connectivity index (χ0n) is 8.07. The summed E-state index contributed by atoms with van der Waals surface area (Å²) in [6.45, 7) is 2.27. The molecule has 6 nitrogen and oxygen atoms in total. The second kappa shape index (κ2) is 5.38. The molecule has 0 unspecified atom stereocenters. The normalized spacial score (nSPS) is 11.3. The molecule has 0 aliphatic carbocycles. The van der Waals surface area contributed by atoms with Crippen molar-refractivity contribution in [3.05, 3.63) is 17.0 Å². The number of aromatic nitrogens is 2. The SMILES string of the molecule is CCCNS(=O)(=O)Nc1cnc(Br)cn1. The van der Waals surface area contributed by atoms with Crippen LogP contribution >= 0.6 is 15.9 Å². The van der Waals surface area contributed by atoms with Crippen molar-refractivity contribution in [1.82, 2.24) is 14.7 Å². The fourth-order valence-corrected chi connectivity index (χ4v) is 1.91. The van der Waals surface area contributed by atoms with E-state index in [0.717, 1.165) is 6.42 Å². The van der Waals surface area contributed by atoms with Crippen LogP contribution in [0.25, 0.3) is 0 Å². The third kappa shape index (κ3) is 4.54. The summed E-state index contributed by atoms with van der Waals surface area (Å²) in [5.41, 5.74) is 0. The predicted octanol–water partition coefficient (Wildman–Crippen LogP) is 0.895. The lowest BCUT2D eigenvalue weighted by molar-refractivity contribution is 0.586. The summed E-state index contributed by atoms with van der Waals surface area (Å²) < 4.78 is 27.8. The smallest absolute Gasteiger partial charge is 0.253 e. The average Bonchev–Trinajstić information content (AvgIpc) is 2.18. The van der Waals surface area contributed by atoms with Crippen molar-refractivity contribution in [3.63, 3.8) is 0 Å². The van der Waals surface area contributed by atoms with Gasteiger partial charge in [0.15, 0.2) is 5.82 Å². The van der Waals surface area contributed by atoms with Gasteiger partial charge in [0.2, 0.25) is 0 Å². The highest BCUT2D eigenvalue weighted by atomic mass is 79.9. The third-order valence-electron chi connectivity index (χ3n) is 1.40. The van der Waals surface area contributed by atoms with Gasteiger partial charge in [0.05, 0.1) is 12.4 Å². The zero-order valence-corrected chi connectivity index (χ0v) is 10.5. The number of hydrogen-bond donors (Lipinski definition) is 2. The second-order valence-electron chi connectivity index (χ2n) is 2.72. The van der Waals surface area contributed by atoms with Gasteiger partial charge >= 0.3 is 0 Å². The Kier molecular flexibility index (Phi) is 4.43. The summed E-state index contributed by atoms with van der Waals surface area (Å²) in [7, 11) is -3.53. The van der Waals surface area contributed by atoms with Crippen LogP contribution in [0.1, 0.15) is 13.3 Å². The number of anilines is 1. The van der Waals surface area contributed by atoms with Crippen LogP contribution in [0.3, 0.4) is 0 Å². The second-order valence-corrected chi connectivity index (χ2v) is 5.04. The van der Waals surface area contributed by atoms with Crippen LogP contribution in [0.15, 0.2) is 17.0 Å². The van der Waals surface area contributed by atoms with Gasteiger partial charge in [-0.25, -0.2) is 9.97 Å². The van der Waals surface area contributed by atoms with Crippen molar-refractivity contribution in [2.75, 3.05) is 11.3 Å². The Morgan fingerprint density at radius 1 is 1.40 bits per heavy atom. The molecule has 84 valence electrons. The molecular formula is C7H11BrN4O2S. The van der Waals surface area contributed by atoms with Crippen molar-refractivity contribution < 1.29 is 8.42 Å². The molecule has 0 amide bonds. The van der Waals surface area contributed by atoms with E-state index in [-0.39, 0.29) is 5.82 Å². The monoisotopic (exact) mass is 294 g/mol.